The highest BCUT2D eigenvalue weighted by Gasteiger charge is 2.11. The van der Waals surface area contributed by atoms with E-state index < -0.39 is 12.1 Å². The van der Waals surface area contributed by atoms with E-state index in [0.29, 0.717) is 0 Å². The molecule has 0 radical (unpaired) electrons. The average Bonchev–Trinajstić information content (AvgIpc) is 1.69. The zero-order valence-corrected chi connectivity index (χ0v) is 5.85. The number of carboxylic acids is 1. The van der Waals surface area contributed by atoms with E-state index in [-0.39, 0.29) is 19.0 Å². The van der Waals surface area contributed by atoms with Crippen molar-refractivity contribution in [1.29, 1.82) is 0 Å². The maximum Gasteiger partial charge on any atom is 0.334 e. The van der Waals surface area contributed by atoms with Crippen molar-refractivity contribution >= 4 is 18.4 Å². The summed E-state index contributed by atoms with van der Waals surface area (Å²) in [5.41, 5.74) is 4.98. The molecule has 0 aliphatic heterocycles. The van der Waals surface area contributed by atoms with Crippen molar-refractivity contribution in [1.82, 2.24) is 0 Å². The van der Waals surface area contributed by atoms with Gasteiger partial charge in [0.1, 0.15) is 0 Å². The van der Waals surface area contributed by atoms with Crippen LogP contribution in [0.1, 0.15) is 0 Å². The molecular formula is C4H10ClNO3. The molecule has 0 rings (SSSR count). The summed E-state index contributed by atoms with van der Waals surface area (Å²) in [4.78, 5) is 9.96. The van der Waals surface area contributed by atoms with E-state index in [1.807, 2.05) is 0 Å². The molecule has 0 aliphatic rings. The van der Waals surface area contributed by atoms with Gasteiger partial charge >= 0.3 is 5.97 Å². The lowest BCUT2D eigenvalue weighted by molar-refractivity contribution is -0.147. The molecule has 0 saturated heterocycles. The van der Waals surface area contributed by atoms with Crippen molar-refractivity contribution in [2.24, 2.45) is 5.73 Å². The van der Waals surface area contributed by atoms with Gasteiger partial charge in [0.15, 0.2) is 6.10 Å². The maximum absolute atomic E-state index is 9.96. The zero-order valence-electron chi connectivity index (χ0n) is 5.03. The number of ether oxygens (including phenoxy) is 1. The highest BCUT2D eigenvalue weighted by Crippen LogP contribution is 1.83. The summed E-state index contributed by atoms with van der Waals surface area (Å²) in [6, 6.07) is 0. The monoisotopic (exact) mass is 155 g/mol. The van der Waals surface area contributed by atoms with Crippen molar-refractivity contribution < 1.29 is 14.6 Å². The number of carbonyl (C=O) groups is 1. The molecule has 0 saturated carbocycles. The Morgan fingerprint density at radius 3 is 2.33 bits per heavy atom. The van der Waals surface area contributed by atoms with Crippen LogP contribution in [0.25, 0.3) is 0 Å². The van der Waals surface area contributed by atoms with E-state index in [2.05, 4.69) is 4.74 Å². The Kier molecular flexibility index (Phi) is 7.41. The van der Waals surface area contributed by atoms with Crippen LogP contribution in [0.3, 0.4) is 0 Å². The first-order valence-corrected chi connectivity index (χ1v) is 2.18. The molecule has 9 heavy (non-hydrogen) atoms. The van der Waals surface area contributed by atoms with E-state index in [1.54, 1.807) is 0 Å². The van der Waals surface area contributed by atoms with E-state index >= 15 is 0 Å². The van der Waals surface area contributed by atoms with Gasteiger partial charge in [-0.1, -0.05) is 0 Å². The third-order valence-electron chi connectivity index (χ3n) is 0.774. The largest absolute Gasteiger partial charge is 0.479 e. The van der Waals surface area contributed by atoms with Gasteiger partial charge in [0.05, 0.1) is 0 Å². The van der Waals surface area contributed by atoms with Gasteiger partial charge in [-0.2, -0.15) is 0 Å². The summed E-state index contributed by atoms with van der Waals surface area (Å²) >= 11 is 0. The van der Waals surface area contributed by atoms with Gasteiger partial charge in [-0.3, -0.25) is 0 Å². The Bertz CT molecular complexity index is 83.9. The first kappa shape index (κ1) is 11.5. The summed E-state index contributed by atoms with van der Waals surface area (Å²) in [7, 11) is 1.31. The van der Waals surface area contributed by atoms with Crippen molar-refractivity contribution in [2.75, 3.05) is 13.7 Å². The Morgan fingerprint density at radius 2 is 2.33 bits per heavy atom. The number of hydrogen-bond acceptors (Lipinski definition) is 3. The fraction of sp³-hybridized carbons (Fsp3) is 0.750. The van der Waals surface area contributed by atoms with Crippen molar-refractivity contribution in [3.63, 3.8) is 0 Å². The Morgan fingerprint density at radius 1 is 1.89 bits per heavy atom. The Balaban J connectivity index is 0. The van der Waals surface area contributed by atoms with Crippen LogP contribution in [0.15, 0.2) is 0 Å². The summed E-state index contributed by atoms with van der Waals surface area (Å²) in [5, 5.41) is 8.17. The second-order valence-corrected chi connectivity index (χ2v) is 1.30. The fourth-order valence-electron chi connectivity index (χ4n) is 0.298. The minimum atomic E-state index is -1.02. The predicted octanol–water partition coefficient (Wildman–Crippen LogP) is -0.533. The lowest BCUT2D eigenvalue weighted by Crippen LogP contribution is -2.30. The average molecular weight is 156 g/mol. The number of halogens is 1. The van der Waals surface area contributed by atoms with Crippen LogP contribution in [-0.2, 0) is 9.53 Å². The quantitative estimate of drug-likeness (QED) is 0.575. The second-order valence-electron chi connectivity index (χ2n) is 1.30. The number of methoxy groups -OCH3 is 1. The Hall–Kier alpha value is -0.320. The van der Waals surface area contributed by atoms with Crippen LogP contribution in [0.4, 0.5) is 0 Å². The summed E-state index contributed by atoms with van der Waals surface area (Å²) in [6.45, 7) is 0.0197. The summed E-state index contributed by atoms with van der Waals surface area (Å²) < 4.78 is 4.44. The van der Waals surface area contributed by atoms with Crippen LogP contribution >= 0.6 is 12.4 Å². The minimum Gasteiger partial charge on any atom is -0.479 e. The number of hydrogen-bond donors (Lipinski definition) is 2. The second kappa shape index (κ2) is 5.81. The van der Waals surface area contributed by atoms with Crippen LogP contribution in [0.5, 0.6) is 0 Å². The lowest BCUT2D eigenvalue weighted by Gasteiger charge is -2.04. The number of aliphatic carboxylic acids is 1. The third-order valence-corrected chi connectivity index (χ3v) is 0.774. The molecule has 4 nitrogen and oxygen atoms in total. The smallest absolute Gasteiger partial charge is 0.334 e. The predicted molar refractivity (Wildman–Crippen MR) is 34.7 cm³/mol. The van der Waals surface area contributed by atoms with Crippen LogP contribution in [0.2, 0.25) is 0 Å². The molecule has 0 amide bonds. The summed E-state index contributed by atoms with van der Waals surface area (Å²) in [6.07, 6.45) is -0.852. The van der Waals surface area contributed by atoms with Crippen molar-refractivity contribution in [2.45, 2.75) is 6.10 Å². The van der Waals surface area contributed by atoms with E-state index in [4.69, 9.17) is 10.8 Å². The van der Waals surface area contributed by atoms with E-state index in [0.717, 1.165) is 0 Å². The molecule has 5 heteroatoms. The topological polar surface area (TPSA) is 72.5 Å². The van der Waals surface area contributed by atoms with E-state index in [1.165, 1.54) is 7.11 Å². The summed E-state index contributed by atoms with van der Waals surface area (Å²) in [5.74, 6) is -1.02. The van der Waals surface area contributed by atoms with E-state index in [9.17, 15) is 4.79 Å². The molecule has 0 heterocycles. The zero-order chi connectivity index (χ0) is 6.57. The van der Waals surface area contributed by atoms with Gasteiger partial charge in [-0.05, 0) is 0 Å². The first-order valence-electron chi connectivity index (χ1n) is 2.18. The molecule has 3 N–H and O–H groups in total. The van der Waals surface area contributed by atoms with Crippen LogP contribution in [0, 0.1) is 0 Å². The van der Waals surface area contributed by atoms with Crippen molar-refractivity contribution in [3.05, 3.63) is 0 Å². The van der Waals surface area contributed by atoms with Gasteiger partial charge in [0.2, 0.25) is 0 Å². The van der Waals surface area contributed by atoms with Crippen molar-refractivity contribution in [3.8, 4) is 0 Å². The van der Waals surface area contributed by atoms with Crippen LogP contribution < -0.4 is 5.73 Å². The van der Waals surface area contributed by atoms with Gasteiger partial charge in [-0.25, -0.2) is 4.79 Å². The van der Waals surface area contributed by atoms with Gasteiger partial charge < -0.3 is 15.6 Å². The molecular weight excluding hydrogens is 146 g/mol. The molecule has 0 fully saturated rings. The molecule has 0 bridgehead atoms. The lowest BCUT2D eigenvalue weighted by atomic mass is 10.4. The standard InChI is InChI=1S/C4H9NO3.ClH/c1-8-3(2-5)4(6)7;/h3H,2,5H2,1H3,(H,6,7);1H/t3-;/m0./s1. The molecule has 1 atom stereocenters. The first-order chi connectivity index (χ1) is 3.72. The third kappa shape index (κ3) is 4.20. The normalized spacial score (nSPS) is 11.8. The Labute approximate surface area is 59.4 Å². The minimum absolute atomic E-state index is 0. The molecule has 0 aromatic rings. The molecule has 0 spiro atoms. The van der Waals surface area contributed by atoms with Gasteiger partial charge in [0, 0.05) is 13.7 Å². The molecule has 0 aromatic heterocycles. The van der Waals surface area contributed by atoms with Gasteiger partial charge in [-0.15, -0.1) is 12.4 Å². The SMILES string of the molecule is CO[C@@H](CN)C(=O)O.Cl. The molecule has 0 aliphatic carbocycles. The number of carboxylic acid groups (broad SMARTS) is 1. The molecule has 56 valence electrons. The highest BCUT2D eigenvalue weighted by molar-refractivity contribution is 5.85. The number of nitrogens with two attached hydrogens (primary N) is 1. The highest BCUT2D eigenvalue weighted by atomic mass is 35.5. The van der Waals surface area contributed by atoms with Crippen LogP contribution in [-0.4, -0.2) is 30.8 Å². The van der Waals surface area contributed by atoms with Gasteiger partial charge in [0.25, 0.3) is 0 Å². The maximum atomic E-state index is 9.96. The number of rotatable bonds is 3. The molecule has 0 aromatic carbocycles. The fourth-order valence-corrected chi connectivity index (χ4v) is 0.298. The molecule has 0 unspecified atom stereocenters.